The zero-order valence-electron chi connectivity index (χ0n) is 10.4. The Balaban J connectivity index is 2.48. The number of nitrogens with zero attached hydrogens (tertiary/aromatic N) is 2. The molecule has 0 aliphatic carbocycles. The fourth-order valence-corrected chi connectivity index (χ4v) is 2.51. The minimum atomic E-state index is -3.36. The average molecular weight is 277 g/mol. The first-order valence-corrected chi connectivity index (χ1v) is 7.35. The number of hydrogen-bond acceptors (Lipinski definition) is 5. The predicted molar refractivity (Wildman–Crippen MR) is 67.8 cm³/mol. The van der Waals surface area contributed by atoms with Gasteiger partial charge in [-0.25, -0.2) is 8.42 Å². The highest BCUT2D eigenvalue weighted by atomic mass is 32.2. The van der Waals surface area contributed by atoms with Crippen LogP contribution in [-0.4, -0.2) is 49.4 Å². The average Bonchev–Trinajstić information content (AvgIpc) is 2.73. The lowest BCUT2D eigenvalue weighted by Gasteiger charge is -2.04. The van der Waals surface area contributed by atoms with E-state index in [0.717, 1.165) is 0 Å². The van der Waals surface area contributed by atoms with Crippen LogP contribution in [-0.2, 0) is 21.3 Å². The zero-order valence-corrected chi connectivity index (χ0v) is 11.2. The second kappa shape index (κ2) is 7.34. The normalized spacial score (nSPS) is 11.7. The molecule has 0 fully saturated rings. The van der Waals surface area contributed by atoms with Gasteiger partial charge >= 0.3 is 0 Å². The summed E-state index contributed by atoms with van der Waals surface area (Å²) in [5.41, 5.74) is 0.440. The topological polar surface area (TPSA) is 93.5 Å². The van der Waals surface area contributed by atoms with Crippen molar-refractivity contribution >= 4 is 15.7 Å². The zero-order chi connectivity index (χ0) is 13.4. The molecule has 1 heterocycles. The maximum atomic E-state index is 11.6. The molecule has 0 saturated carbocycles. The van der Waals surface area contributed by atoms with Crippen molar-refractivity contribution in [3.63, 3.8) is 0 Å². The van der Waals surface area contributed by atoms with Gasteiger partial charge in [0.2, 0.25) is 10.0 Å². The lowest BCUT2D eigenvalue weighted by molar-refractivity contribution is 0.183. The minimum absolute atomic E-state index is 0.00316. The van der Waals surface area contributed by atoms with Crippen molar-refractivity contribution in [3.05, 3.63) is 12.4 Å². The summed E-state index contributed by atoms with van der Waals surface area (Å²) in [6.07, 6.45) is 3.99. The number of rotatable bonds is 9. The number of nitrogens with one attached hydrogen (secondary N) is 1. The number of unbranched alkanes of at least 4 members (excludes halogenated alkanes) is 1. The number of aliphatic hydroxyl groups excluding tert-OH is 1. The Morgan fingerprint density at radius 3 is 2.94 bits per heavy atom. The lowest BCUT2D eigenvalue weighted by Crippen LogP contribution is -2.16. The van der Waals surface area contributed by atoms with Crippen LogP contribution < -0.4 is 4.72 Å². The standard InChI is InChI=1S/C10H19N3O4S/c1-17-6-4-13-9-10(8-11-13)12-18(15,16)7-3-2-5-14/h8-9,12,14H,2-7H2,1H3. The van der Waals surface area contributed by atoms with Crippen LogP contribution in [0, 0.1) is 0 Å². The van der Waals surface area contributed by atoms with E-state index in [0.29, 0.717) is 31.7 Å². The quantitative estimate of drug-likeness (QED) is 0.622. The van der Waals surface area contributed by atoms with Crippen molar-refractivity contribution in [2.45, 2.75) is 19.4 Å². The van der Waals surface area contributed by atoms with E-state index < -0.39 is 10.0 Å². The van der Waals surface area contributed by atoms with Crippen molar-refractivity contribution < 1.29 is 18.3 Å². The molecule has 104 valence electrons. The molecule has 0 spiro atoms. The fourth-order valence-electron chi connectivity index (χ4n) is 1.36. The van der Waals surface area contributed by atoms with E-state index in [1.54, 1.807) is 18.0 Å². The molecule has 0 radical (unpaired) electrons. The number of methoxy groups -OCH3 is 1. The molecule has 0 bridgehead atoms. The van der Waals surface area contributed by atoms with E-state index in [2.05, 4.69) is 9.82 Å². The third-order valence-corrected chi connectivity index (χ3v) is 3.63. The third kappa shape index (κ3) is 5.48. The minimum Gasteiger partial charge on any atom is -0.396 e. The van der Waals surface area contributed by atoms with Crippen LogP contribution in [0.1, 0.15) is 12.8 Å². The van der Waals surface area contributed by atoms with Crippen molar-refractivity contribution in [1.82, 2.24) is 9.78 Å². The Hall–Kier alpha value is -1.12. The van der Waals surface area contributed by atoms with Gasteiger partial charge in [-0.2, -0.15) is 5.10 Å². The molecule has 0 aromatic carbocycles. The summed E-state index contributed by atoms with van der Waals surface area (Å²) in [6.45, 7) is 1.09. The van der Waals surface area contributed by atoms with Crippen LogP contribution in [0.2, 0.25) is 0 Å². The van der Waals surface area contributed by atoms with Crippen molar-refractivity contribution in [2.24, 2.45) is 0 Å². The largest absolute Gasteiger partial charge is 0.396 e. The Kier molecular flexibility index (Phi) is 6.10. The molecule has 1 aromatic rings. The van der Waals surface area contributed by atoms with Gasteiger partial charge < -0.3 is 9.84 Å². The van der Waals surface area contributed by atoms with Crippen LogP contribution in [0.5, 0.6) is 0 Å². The molecular weight excluding hydrogens is 258 g/mol. The monoisotopic (exact) mass is 277 g/mol. The molecular formula is C10H19N3O4S. The van der Waals surface area contributed by atoms with E-state index in [1.807, 2.05) is 0 Å². The molecule has 0 amide bonds. The Bertz CT molecular complexity index is 444. The number of aliphatic hydroxyl groups is 1. The molecule has 1 rings (SSSR count). The van der Waals surface area contributed by atoms with Crippen LogP contribution >= 0.6 is 0 Å². The van der Waals surface area contributed by atoms with Gasteiger partial charge in [0.15, 0.2) is 0 Å². The summed E-state index contributed by atoms with van der Waals surface area (Å²) in [6, 6.07) is 0. The first-order chi connectivity index (χ1) is 8.57. The molecule has 0 atom stereocenters. The van der Waals surface area contributed by atoms with E-state index in [-0.39, 0.29) is 12.4 Å². The van der Waals surface area contributed by atoms with Crippen LogP contribution in [0.15, 0.2) is 12.4 Å². The van der Waals surface area contributed by atoms with Crippen molar-refractivity contribution in [2.75, 3.05) is 30.8 Å². The molecule has 2 N–H and O–H groups in total. The van der Waals surface area contributed by atoms with E-state index in [1.165, 1.54) is 6.20 Å². The van der Waals surface area contributed by atoms with E-state index in [9.17, 15) is 8.42 Å². The third-order valence-electron chi connectivity index (χ3n) is 2.25. The maximum Gasteiger partial charge on any atom is 0.232 e. The lowest BCUT2D eigenvalue weighted by atomic mass is 10.4. The van der Waals surface area contributed by atoms with Gasteiger partial charge in [0.25, 0.3) is 0 Å². The highest BCUT2D eigenvalue weighted by Gasteiger charge is 2.11. The Morgan fingerprint density at radius 1 is 1.50 bits per heavy atom. The first kappa shape index (κ1) is 14.9. The molecule has 18 heavy (non-hydrogen) atoms. The molecule has 7 nitrogen and oxygen atoms in total. The summed E-state index contributed by atoms with van der Waals surface area (Å²) in [7, 11) is -1.77. The number of aromatic nitrogens is 2. The van der Waals surface area contributed by atoms with Gasteiger partial charge in [-0.05, 0) is 12.8 Å². The SMILES string of the molecule is COCCn1cc(NS(=O)(=O)CCCCO)cn1. The van der Waals surface area contributed by atoms with Gasteiger partial charge in [0.05, 0.1) is 30.8 Å². The van der Waals surface area contributed by atoms with Crippen LogP contribution in [0.4, 0.5) is 5.69 Å². The molecule has 8 heteroatoms. The number of ether oxygens (including phenoxy) is 1. The highest BCUT2D eigenvalue weighted by molar-refractivity contribution is 7.92. The number of sulfonamides is 1. The summed E-state index contributed by atoms with van der Waals surface area (Å²) >= 11 is 0. The summed E-state index contributed by atoms with van der Waals surface area (Å²) in [5.74, 6) is -0.00316. The smallest absolute Gasteiger partial charge is 0.232 e. The van der Waals surface area contributed by atoms with E-state index >= 15 is 0 Å². The molecule has 0 aliphatic heterocycles. The van der Waals surface area contributed by atoms with Crippen molar-refractivity contribution in [1.29, 1.82) is 0 Å². The second-order valence-corrected chi connectivity index (χ2v) is 5.68. The second-order valence-electron chi connectivity index (χ2n) is 3.84. The Morgan fingerprint density at radius 2 is 2.28 bits per heavy atom. The van der Waals surface area contributed by atoms with Crippen molar-refractivity contribution in [3.8, 4) is 0 Å². The van der Waals surface area contributed by atoms with Gasteiger partial charge in [-0.15, -0.1) is 0 Å². The maximum absolute atomic E-state index is 11.6. The van der Waals surface area contributed by atoms with Gasteiger partial charge in [0.1, 0.15) is 0 Å². The summed E-state index contributed by atoms with van der Waals surface area (Å²) < 4.78 is 32.2. The molecule has 0 aliphatic rings. The van der Waals surface area contributed by atoms with Crippen LogP contribution in [0.25, 0.3) is 0 Å². The highest BCUT2D eigenvalue weighted by Crippen LogP contribution is 2.08. The first-order valence-electron chi connectivity index (χ1n) is 5.70. The number of hydrogen-bond donors (Lipinski definition) is 2. The summed E-state index contributed by atoms with van der Waals surface area (Å²) in [4.78, 5) is 0. The van der Waals surface area contributed by atoms with Gasteiger partial charge in [-0.1, -0.05) is 0 Å². The molecule has 1 aromatic heterocycles. The fraction of sp³-hybridized carbons (Fsp3) is 0.700. The Labute approximate surface area is 107 Å². The predicted octanol–water partition coefficient (Wildman–Crippen LogP) is 0.0437. The van der Waals surface area contributed by atoms with E-state index in [4.69, 9.17) is 9.84 Å². The number of anilines is 1. The van der Waals surface area contributed by atoms with Gasteiger partial charge in [-0.3, -0.25) is 9.40 Å². The molecule has 0 unspecified atom stereocenters. The van der Waals surface area contributed by atoms with Crippen LogP contribution in [0.3, 0.4) is 0 Å². The summed E-state index contributed by atoms with van der Waals surface area (Å²) in [5, 5.41) is 12.6. The molecule has 0 saturated heterocycles. The van der Waals surface area contributed by atoms with Gasteiger partial charge in [0, 0.05) is 19.9 Å².